The first-order valence-corrected chi connectivity index (χ1v) is 8.77. The topological polar surface area (TPSA) is 57.7 Å². The molecule has 5 nitrogen and oxygen atoms in total. The Balaban J connectivity index is 2.00. The smallest absolute Gasteiger partial charge is 0.338 e. The average Bonchev–Trinajstić information content (AvgIpc) is 2.66. The fraction of sp³-hybridized carbons (Fsp3) is 0.273. The van der Waals surface area contributed by atoms with E-state index in [4.69, 9.17) is 19.2 Å². The predicted molar refractivity (Wildman–Crippen MR) is 106 cm³/mol. The molecule has 0 unspecified atom stereocenters. The van der Waals surface area contributed by atoms with E-state index >= 15 is 0 Å². The SMILES string of the molecule is COc1cc2cc(-c3ccc(C(=O)OC(C)C)cc3)nc(C)c2cc1OC. The molecular formula is C22H23NO4. The zero-order chi connectivity index (χ0) is 19.6. The second-order valence-corrected chi connectivity index (χ2v) is 6.55. The van der Waals surface area contributed by atoms with Gasteiger partial charge in [0.15, 0.2) is 11.5 Å². The van der Waals surface area contributed by atoms with Crippen molar-refractivity contribution in [3.05, 3.63) is 53.7 Å². The van der Waals surface area contributed by atoms with Crippen LogP contribution in [-0.4, -0.2) is 31.3 Å². The summed E-state index contributed by atoms with van der Waals surface area (Å²) in [4.78, 5) is 16.7. The molecule has 3 aromatic rings. The lowest BCUT2D eigenvalue weighted by Crippen LogP contribution is -2.11. The standard InChI is InChI=1S/C22H23NO4/c1-13(2)27-22(24)16-8-6-15(7-9-16)19-10-17-11-20(25-4)21(26-5)12-18(17)14(3)23-19/h6-13H,1-5H3. The molecule has 0 aliphatic carbocycles. The highest BCUT2D eigenvalue weighted by Crippen LogP contribution is 2.34. The molecule has 1 aromatic heterocycles. The van der Waals surface area contributed by atoms with Crippen molar-refractivity contribution in [2.45, 2.75) is 26.9 Å². The molecule has 0 aliphatic rings. The number of benzene rings is 2. The third kappa shape index (κ3) is 3.87. The van der Waals surface area contributed by atoms with Crippen molar-refractivity contribution in [2.75, 3.05) is 14.2 Å². The summed E-state index contributed by atoms with van der Waals surface area (Å²) in [5, 5.41) is 2.02. The number of hydrogen-bond acceptors (Lipinski definition) is 5. The third-order valence-corrected chi connectivity index (χ3v) is 4.28. The van der Waals surface area contributed by atoms with Crippen molar-refractivity contribution >= 4 is 16.7 Å². The van der Waals surface area contributed by atoms with E-state index < -0.39 is 0 Å². The first-order valence-electron chi connectivity index (χ1n) is 8.77. The minimum atomic E-state index is -0.323. The molecule has 0 bridgehead atoms. The Kier molecular flexibility index (Phi) is 5.31. The minimum Gasteiger partial charge on any atom is -0.493 e. The second kappa shape index (κ2) is 7.66. The molecule has 0 spiro atoms. The summed E-state index contributed by atoms with van der Waals surface area (Å²) in [5.41, 5.74) is 3.18. The van der Waals surface area contributed by atoms with Gasteiger partial charge in [0.25, 0.3) is 0 Å². The van der Waals surface area contributed by atoms with Gasteiger partial charge in [-0.25, -0.2) is 4.79 Å². The van der Waals surface area contributed by atoms with Crippen LogP contribution in [0.1, 0.15) is 29.9 Å². The summed E-state index contributed by atoms with van der Waals surface area (Å²) >= 11 is 0. The van der Waals surface area contributed by atoms with E-state index in [1.807, 2.05) is 51.1 Å². The quantitative estimate of drug-likeness (QED) is 0.608. The van der Waals surface area contributed by atoms with Crippen LogP contribution < -0.4 is 9.47 Å². The lowest BCUT2D eigenvalue weighted by atomic mass is 10.0. The van der Waals surface area contributed by atoms with Gasteiger partial charge in [-0.15, -0.1) is 0 Å². The number of carbonyl (C=O) groups is 1. The molecule has 0 aliphatic heterocycles. The normalized spacial score (nSPS) is 10.9. The van der Waals surface area contributed by atoms with Crippen molar-refractivity contribution < 1.29 is 19.0 Å². The van der Waals surface area contributed by atoms with Gasteiger partial charge in [0, 0.05) is 16.6 Å². The number of carbonyl (C=O) groups excluding carboxylic acids is 1. The van der Waals surface area contributed by atoms with Gasteiger partial charge in [-0.2, -0.15) is 0 Å². The van der Waals surface area contributed by atoms with Crippen molar-refractivity contribution in [1.82, 2.24) is 4.98 Å². The highest BCUT2D eigenvalue weighted by Gasteiger charge is 2.12. The maximum atomic E-state index is 12.0. The number of aromatic nitrogens is 1. The average molecular weight is 365 g/mol. The van der Waals surface area contributed by atoms with Crippen molar-refractivity contribution in [2.24, 2.45) is 0 Å². The van der Waals surface area contributed by atoms with Crippen LogP contribution in [0.5, 0.6) is 11.5 Å². The molecule has 27 heavy (non-hydrogen) atoms. The highest BCUT2D eigenvalue weighted by molar-refractivity contribution is 5.92. The van der Waals surface area contributed by atoms with E-state index in [1.54, 1.807) is 26.4 Å². The summed E-state index contributed by atoms with van der Waals surface area (Å²) in [6.07, 6.45) is -0.144. The Morgan fingerprint density at radius 2 is 1.59 bits per heavy atom. The van der Waals surface area contributed by atoms with Crippen molar-refractivity contribution in [3.63, 3.8) is 0 Å². The molecule has 0 radical (unpaired) electrons. The predicted octanol–water partition coefficient (Wildman–Crippen LogP) is 4.79. The lowest BCUT2D eigenvalue weighted by molar-refractivity contribution is 0.0378. The van der Waals surface area contributed by atoms with Crippen LogP contribution in [0.25, 0.3) is 22.0 Å². The van der Waals surface area contributed by atoms with Gasteiger partial charge in [-0.3, -0.25) is 4.98 Å². The maximum Gasteiger partial charge on any atom is 0.338 e. The van der Waals surface area contributed by atoms with Gasteiger partial charge in [-0.1, -0.05) is 12.1 Å². The van der Waals surface area contributed by atoms with Crippen molar-refractivity contribution in [1.29, 1.82) is 0 Å². The summed E-state index contributed by atoms with van der Waals surface area (Å²) in [6, 6.07) is 13.2. The fourth-order valence-electron chi connectivity index (χ4n) is 2.95. The van der Waals surface area contributed by atoms with Crippen LogP contribution in [0.3, 0.4) is 0 Å². The zero-order valence-corrected chi connectivity index (χ0v) is 16.2. The van der Waals surface area contributed by atoms with Crippen molar-refractivity contribution in [3.8, 4) is 22.8 Å². The van der Waals surface area contributed by atoms with Gasteiger partial charge < -0.3 is 14.2 Å². The number of ether oxygens (including phenoxy) is 3. The number of hydrogen-bond donors (Lipinski definition) is 0. The van der Waals surface area contributed by atoms with Gasteiger partial charge in [0.05, 0.1) is 31.6 Å². The van der Waals surface area contributed by atoms with E-state index in [9.17, 15) is 4.79 Å². The first-order chi connectivity index (χ1) is 12.9. The number of methoxy groups -OCH3 is 2. The number of fused-ring (bicyclic) bond motifs is 1. The monoisotopic (exact) mass is 365 g/mol. The molecule has 0 N–H and O–H groups in total. The fourth-order valence-corrected chi connectivity index (χ4v) is 2.95. The molecule has 0 amide bonds. The number of nitrogens with zero attached hydrogens (tertiary/aromatic N) is 1. The molecule has 0 saturated heterocycles. The number of rotatable bonds is 5. The minimum absolute atomic E-state index is 0.144. The third-order valence-electron chi connectivity index (χ3n) is 4.28. The molecule has 1 heterocycles. The summed E-state index contributed by atoms with van der Waals surface area (Å²) in [5.74, 6) is 1.03. The van der Waals surface area contributed by atoms with Crippen LogP contribution in [0.2, 0.25) is 0 Å². The molecule has 0 saturated carbocycles. The van der Waals surface area contributed by atoms with E-state index in [1.165, 1.54) is 0 Å². The lowest BCUT2D eigenvalue weighted by Gasteiger charge is -2.12. The van der Waals surface area contributed by atoms with E-state index in [2.05, 4.69) is 0 Å². The van der Waals surface area contributed by atoms with Crippen LogP contribution >= 0.6 is 0 Å². The second-order valence-electron chi connectivity index (χ2n) is 6.55. The molecule has 0 atom stereocenters. The van der Waals surface area contributed by atoms with E-state index in [0.717, 1.165) is 27.7 Å². The Bertz CT molecular complexity index is 978. The van der Waals surface area contributed by atoms with E-state index in [-0.39, 0.29) is 12.1 Å². The molecule has 140 valence electrons. The van der Waals surface area contributed by atoms with Crippen LogP contribution in [0, 0.1) is 6.92 Å². The van der Waals surface area contributed by atoms with Crippen LogP contribution in [-0.2, 0) is 4.74 Å². The van der Waals surface area contributed by atoms with Gasteiger partial charge >= 0.3 is 5.97 Å². The Morgan fingerprint density at radius 1 is 0.963 bits per heavy atom. The molecule has 2 aromatic carbocycles. The number of esters is 1. The summed E-state index contributed by atoms with van der Waals surface area (Å²) < 4.78 is 16.0. The summed E-state index contributed by atoms with van der Waals surface area (Å²) in [7, 11) is 3.24. The molecule has 3 rings (SSSR count). The van der Waals surface area contributed by atoms with Crippen LogP contribution in [0.4, 0.5) is 0 Å². The van der Waals surface area contributed by atoms with Gasteiger partial charge in [-0.05, 0) is 56.5 Å². The Morgan fingerprint density at radius 3 is 2.19 bits per heavy atom. The Labute approximate surface area is 158 Å². The first kappa shape index (κ1) is 18.7. The zero-order valence-electron chi connectivity index (χ0n) is 16.2. The highest BCUT2D eigenvalue weighted by atomic mass is 16.5. The molecule has 0 fully saturated rings. The maximum absolute atomic E-state index is 12.0. The largest absolute Gasteiger partial charge is 0.493 e. The number of pyridine rings is 1. The van der Waals surface area contributed by atoms with Gasteiger partial charge in [0.2, 0.25) is 0 Å². The number of aryl methyl sites for hydroxylation is 1. The van der Waals surface area contributed by atoms with Gasteiger partial charge in [0.1, 0.15) is 0 Å². The summed E-state index contributed by atoms with van der Waals surface area (Å²) in [6.45, 7) is 5.63. The molecular weight excluding hydrogens is 342 g/mol. The molecule has 5 heteroatoms. The Hall–Kier alpha value is -3.08. The van der Waals surface area contributed by atoms with Crippen LogP contribution in [0.15, 0.2) is 42.5 Å². The van der Waals surface area contributed by atoms with E-state index in [0.29, 0.717) is 17.1 Å².